The van der Waals surface area contributed by atoms with Crippen LogP contribution >= 0.6 is 11.3 Å². The van der Waals surface area contributed by atoms with Crippen molar-refractivity contribution in [3.63, 3.8) is 0 Å². The minimum absolute atomic E-state index is 0.142. The van der Waals surface area contributed by atoms with E-state index in [-0.39, 0.29) is 11.6 Å². The molecule has 3 rings (SSSR count). The number of amides is 1. The van der Waals surface area contributed by atoms with E-state index in [4.69, 9.17) is 0 Å². The Bertz CT molecular complexity index is 870. The number of pyridine rings is 1. The molecule has 5 nitrogen and oxygen atoms in total. The highest BCUT2D eigenvalue weighted by atomic mass is 32.1. The molecule has 1 amide bonds. The second kappa shape index (κ2) is 5.61. The zero-order valence-corrected chi connectivity index (χ0v) is 12.1. The fraction of sp³-hybridized carbons (Fsp3) is 0.154. The lowest BCUT2D eigenvalue weighted by Gasteiger charge is -2.00. The first-order valence-electron chi connectivity index (χ1n) is 6.27. The number of carbonyl (C=O) groups is 1. The summed E-state index contributed by atoms with van der Waals surface area (Å²) >= 11 is 0.342. The predicted molar refractivity (Wildman–Crippen MR) is 74.6 cm³/mol. The first kappa shape index (κ1) is 15.4. The summed E-state index contributed by atoms with van der Waals surface area (Å²) in [5, 5.41) is 2.14. The molecule has 0 saturated heterocycles. The molecule has 0 unspecified atom stereocenters. The minimum atomic E-state index is -4.49. The lowest BCUT2D eigenvalue weighted by atomic mass is 10.3. The van der Waals surface area contributed by atoms with Gasteiger partial charge in [0, 0.05) is 12.4 Å². The molecule has 0 radical (unpaired) electrons. The van der Waals surface area contributed by atoms with Gasteiger partial charge in [-0.25, -0.2) is 14.4 Å². The Morgan fingerprint density at radius 1 is 1.30 bits per heavy atom. The Morgan fingerprint density at radius 2 is 2.09 bits per heavy atom. The Kier molecular flexibility index (Phi) is 3.76. The topological polar surface area (TPSA) is 59.3 Å². The minimum Gasteiger partial charge on any atom is -0.304 e. The summed E-state index contributed by atoms with van der Waals surface area (Å²) in [4.78, 5) is 18.6. The third-order valence-electron chi connectivity index (χ3n) is 2.84. The molecule has 0 spiro atoms. The molecule has 0 bridgehead atoms. The van der Waals surface area contributed by atoms with Crippen molar-refractivity contribution in [2.45, 2.75) is 12.6 Å². The Hall–Kier alpha value is -2.49. The lowest BCUT2D eigenvalue weighted by Crippen LogP contribution is -2.14. The third kappa shape index (κ3) is 3.47. The van der Waals surface area contributed by atoms with Crippen molar-refractivity contribution >= 4 is 28.0 Å². The quantitative estimate of drug-likeness (QED) is 0.743. The number of carbonyl (C=O) groups excluding carboxylic acids is 1. The van der Waals surface area contributed by atoms with Crippen LogP contribution in [0.15, 0.2) is 30.7 Å². The van der Waals surface area contributed by atoms with Crippen molar-refractivity contribution in [1.82, 2.24) is 14.4 Å². The maximum Gasteiger partial charge on any atom is 0.427 e. The van der Waals surface area contributed by atoms with E-state index in [2.05, 4.69) is 15.3 Å². The number of thiazole rings is 1. The van der Waals surface area contributed by atoms with Crippen LogP contribution in [0.2, 0.25) is 0 Å². The Balaban J connectivity index is 1.69. The zero-order valence-electron chi connectivity index (χ0n) is 11.3. The van der Waals surface area contributed by atoms with Gasteiger partial charge < -0.3 is 9.72 Å². The number of aromatic nitrogens is 3. The van der Waals surface area contributed by atoms with E-state index in [9.17, 15) is 22.4 Å². The van der Waals surface area contributed by atoms with Gasteiger partial charge in [-0.1, -0.05) is 11.3 Å². The molecule has 0 atom stereocenters. The average Bonchev–Trinajstić information content (AvgIpc) is 3.03. The first-order valence-corrected chi connectivity index (χ1v) is 7.09. The van der Waals surface area contributed by atoms with Crippen molar-refractivity contribution in [2.24, 2.45) is 0 Å². The summed E-state index contributed by atoms with van der Waals surface area (Å²) in [7, 11) is 0. The molecule has 1 N–H and O–H groups in total. The van der Waals surface area contributed by atoms with Crippen LogP contribution in [0.3, 0.4) is 0 Å². The van der Waals surface area contributed by atoms with Gasteiger partial charge in [0.2, 0.25) is 5.91 Å². The van der Waals surface area contributed by atoms with Crippen LogP contribution in [0.1, 0.15) is 10.6 Å². The number of fused-ring (bicyclic) bond motifs is 1. The summed E-state index contributed by atoms with van der Waals surface area (Å²) in [6.45, 7) is 0. The Labute approximate surface area is 130 Å². The van der Waals surface area contributed by atoms with Crippen LogP contribution in [0.25, 0.3) is 5.65 Å². The molecule has 3 aromatic heterocycles. The normalized spacial score (nSPS) is 11.8. The van der Waals surface area contributed by atoms with Crippen molar-refractivity contribution in [3.05, 3.63) is 47.1 Å². The summed E-state index contributed by atoms with van der Waals surface area (Å²) in [5.41, 5.74) is 0.823. The van der Waals surface area contributed by atoms with Gasteiger partial charge in [-0.3, -0.25) is 4.79 Å². The summed E-state index contributed by atoms with van der Waals surface area (Å²) in [6.07, 6.45) is -1.31. The van der Waals surface area contributed by atoms with Gasteiger partial charge in [-0.05, 0) is 12.1 Å². The number of rotatable bonds is 3. The third-order valence-corrected chi connectivity index (χ3v) is 3.80. The standard InChI is InChI=1S/C13H8F4N4OS/c14-7-1-2-10-19-8(6-21(10)5-7)3-11(22)20-12-18-4-9(23-12)13(15,16)17/h1-2,4-6H,3H2,(H,18,20,22). The van der Waals surface area contributed by atoms with Gasteiger partial charge >= 0.3 is 6.18 Å². The highest BCUT2D eigenvalue weighted by Gasteiger charge is 2.33. The van der Waals surface area contributed by atoms with E-state index >= 15 is 0 Å². The maximum absolute atomic E-state index is 13.1. The van der Waals surface area contributed by atoms with Crippen molar-refractivity contribution in [3.8, 4) is 0 Å². The average molecular weight is 344 g/mol. The number of imidazole rings is 1. The molecule has 0 aliphatic rings. The number of alkyl halides is 3. The predicted octanol–water partition coefficient (Wildman–Crippen LogP) is 3.13. The summed E-state index contributed by atoms with van der Waals surface area (Å²) in [5.74, 6) is -1.01. The largest absolute Gasteiger partial charge is 0.427 e. The highest BCUT2D eigenvalue weighted by molar-refractivity contribution is 7.15. The summed E-state index contributed by atoms with van der Waals surface area (Å²) in [6, 6.07) is 2.69. The fourth-order valence-corrected chi connectivity index (χ4v) is 2.59. The van der Waals surface area contributed by atoms with Crippen LogP contribution < -0.4 is 5.32 Å². The molecule has 3 heterocycles. The molecule has 0 aromatic carbocycles. The van der Waals surface area contributed by atoms with Crippen molar-refractivity contribution in [1.29, 1.82) is 0 Å². The number of anilines is 1. The highest BCUT2D eigenvalue weighted by Crippen LogP contribution is 2.34. The van der Waals surface area contributed by atoms with E-state index in [0.717, 1.165) is 0 Å². The van der Waals surface area contributed by atoms with Crippen LogP contribution in [0.5, 0.6) is 0 Å². The fourth-order valence-electron chi connectivity index (χ4n) is 1.89. The number of nitrogens with one attached hydrogen (secondary N) is 1. The molecule has 0 fully saturated rings. The van der Waals surface area contributed by atoms with Gasteiger partial charge in [0.1, 0.15) is 16.3 Å². The lowest BCUT2D eigenvalue weighted by molar-refractivity contribution is -0.134. The Morgan fingerprint density at radius 3 is 2.78 bits per heavy atom. The van der Waals surface area contributed by atoms with E-state index in [1.165, 1.54) is 28.9 Å². The molecule has 0 saturated carbocycles. The van der Waals surface area contributed by atoms with Gasteiger partial charge in [-0.15, -0.1) is 0 Å². The van der Waals surface area contributed by atoms with E-state index < -0.39 is 22.8 Å². The molecule has 3 aromatic rings. The van der Waals surface area contributed by atoms with Crippen LogP contribution in [0, 0.1) is 5.82 Å². The van der Waals surface area contributed by atoms with Gasteiger partial charge in [0.05, 0.1) is 18.3 Å². The number of nitrogens with zero attached hydrogens (tertiary/aromatic N) is 3. The van der Waals surface area contributed by atoms with Gasteiger partial charge in [0.15, 0.2) is 5.13 Å². The van der Waals surface area contributed by atoms with Gasteiger partial charge in [-0.2, -0.15) is 13.2 Å². The summed E-state index contributed by atoms with van der Waals surface area (Å²) < 4.78 is 51.8. The van der Waals surface area contributed by atoms with Crippen molar-refractivity contribution < 1.29 is 22.4 Å². The molecule has 0 aliphatic carbocycles. The van der Waals surface area contributed by atoms with Crippen LogP contribution in [0.4, 0.5) is 22.7 Å². The van der Waals surface area contributed by atoms with Crippen LogP contribution in [-0.2, 0) is 17.4 Å². The van der Waals surface area contributed by atoms with Crippen LogP contribution in [-0.4, -0.2) is 20.3 Å². The zero-order chi connectivity index (χ0) is 16.6. The SMILES string of the molecule is O=C(Cc1cn2cc(F)ccc2n1)Nc1ncc(C(F)(F)F)s1. The second-order valence-electron chi connectivity index (χ2n) is 4.60. The molecule has 10 heteroatoms. The molecule has 0 aliphatic heterocycles. The maximum atomic E-state index is 13.1. The number of halogens is 4. The molecule has 23 heavy (non-hydrogen) atoms. The monoisotopic (exact) mass is 344 g/mol. The molecular formula is C13H8F4N4OS. The van der Waals surface area contributed by atoms with E-state index in [0.29, 0.717) is 28.9 Å². The number of hydrogen-bond acceptors (Lipinski definition) is 4. The molecular weight excluding hydrogens is 336 g/mol. The van der Waals surface area contributed by atoms with Gasteiger partial charge in [0.25, 0.3) is 0 Å². The van der Waals surface area contributed by atoms with Crippen molar-refractivity contribution in [2.75, 3.05) is 5.32 Å². The smallest absolute Gasteiger partial charge is 0.304 e. The molecule has 120 valence electrons. The second-order valence-corrected chi connectivity index (χ2v) is 5.63. The number of hydrogen-bond donors (Lipinski definition) is 1. The van der Waals surface area contributed by atoms with E-state index in [1.807, 2.05) is 0 Å². The first-order chi connectivity index (χ1) is 10.8. The van der Waals surface area contributed by atoms with E-state index in [1.54, 1.807) is 0 Å².